The molecule has 1 aliphatic heterocycles. The predicted octanol–water partition coefficient (Wildman–Crippen LogP) is 4.46. The molecule has 1 amide bonds. The first-order valence-corrected chi connectivity index (χ1v) is 9.08. The topological polar surface area (TPSA) is 23.6 Å². The van der Waals surface area contributed by atoms with Crippen LogP contribution in [0.4, 0.5) is 0 Å². The number of piperazine rings is 1. The molecule has 1 heterocycles. The Hall–Kier alpha value is -1.81. The Labute approximate surface area is 158 Å². The fraction of sp³-hybridized carbons (Fsp3) is 0.250. The molecular formula is C20H20Cl2N2O. The minimum Gasteiger partial charge on any atom is -0.336 e. The van der Waals surface area contributed by atoms with Gasteiger partial charge in [-0.15, -0.1) is 0 Å². The third-order valence-electron chi connectivity index (χ3n) is 4.31. The number of carbonyl (C=O) groups excluding carboxylic acids is 1. The summed E-state index contributed by atoms with van der Waals surface area (Å²) in [6, 6.07) is 15.4. The van der Waals surface area contributed by atoms with Crippen molar-refractivity contribution in [3.63, 3.8) is 0 Å². The highest BCUT2D eigenvalue weighted by Crippen LogP contribution is 2.26. The molecule has 3 rings (SSSR count). The number of hydrogen-bond acceptors (Lipinski definition) is 2. The zero-order valence-corrected chi connectivity index (χ0v) is 15.4. The van der Waals surface area contributed by atoms with Gasteiger partial charge in [0, 0.05) is 32.7 Å². The predicted molar refractivity (Wildman–Crippen MR) is 104 cm³/mol. The molecule has 0 unspecified atom stereocenters. The van der Waals surface area contributed by atoms with E-state index >= 15 is 0 Å². The Morgan fingerprint density at radius 3 is 2.20 bits per heavy atom. The molecule has 0 spiro atoms. The first-order chi connectivity index (χ1) is 12.1. The van der Waals surface area contributed by atoms with Crippen molar-refractivity contribution in [3.05, 3.63) is 75.8 Å². The van der Waals surface area contributed by atoms with Gasteiger partial charge in [-0.1, -0.05) is 71.8 Å². The van der Waals surface area contributed by atoms with E-state index in [0.717, 1.165) is 19.6 Å². The first kappa shape index (κ1) is 18.0. The number of amides is 1. The quantitative estimate of drug-likeness (QED) is 0.788. The van der Waals surface area contributed by atoms with Crippen LogP contribution in [-0.4, -0.2) is 48.4 Å². The largest absolute Gasteiger partial charge is 0.336 e. The van der Waals surface area contributed by atoms with E-state index < -0.39 is 0 Å². The molecule has 3 nitrogen and oxygen atoms in total. The Balaban J connectivity index is 1.53. The van der Waals surface area contributed by atoms with E-state index in [-0.39, 0.29) is 5.91 Å². The Kier molecular flexibility index (Phi) is 6.14. The van der Waals surface area contributed by atoms with E-state index in [2.05, 4.69) is 29.2 Å². The minimum absolute atomic E-state index is 0.0879. The molecule has 0 N–H and O–H groups in total. The summed E-state index contributed by atoms with van der Waals surface area (Å²) in [6.45, 7) is 3.92. The standard InChI is InChI=1S/C20H20Cl2N2O/c21-17-9-4-10-18(22)19(17)20(25)24-14-12-23(13-15-24)11-5-8-16-6-2-1-3-7-16/h1-10H,11-15H2. The van der Waals surface area contributed by atoms with Gasteiger partial charge >= 0.3 is 0 Å². The smallest absolute Gasteiger partial charge is 0.256 e. The molecule has 0 aliphatic carbocycles. The van der Waals surface area contributed by atoms with Crippen LogP contribution in [0.2, 0.25) is 10.0 Å². The van der Waals surface area contributed by atoms with Crippen LogP contribution in [0.3, 0.4) is 0 Å². The Bertz CT molecular complexity index is 733. The maximum atomic E-state index is 12.7. The summed E-state index contributed by atoms with van der Waals surface area (Å²) >= 11 is 12.3. The number of carbonyl (C=O) groups is 1. The van der Waals surface area contributed by atoms with Gasteiger partial charge in [-0.2, -0.15) is 0 Å². The summed E-state index contributed by atoms with van der Waals surface area (Å²) in [6.07, 6.45) is 4.29. The lowest BCUT2D eigenvalue weighted by atomic mass is 10.1. The molecule has 5 heteroatoms. The van der Waals surface area contributed by atoms with E-state index in [4.69, 9.17) is 23.2 Å². The highest BCUT2D eigenvalue weighted by molar-refractivity contribution is 6.39. The van der Waals surface area contributed by atoms with Gasteiger partial charge in [-0.25, -0.2) is 0 Å². The summed E-state index contributed by atoms with van der Waals surface area (Å²) in [5.74, 6) is -0.0879. The van der Waals surface area contributed by atoms with Gasteiger partial charge < -0.3 is 4.90 Å². The summed E-state index contributed by atoms with van der Waals surface area (Å²) in [4.78, 5) is 16.8. The number of hydrogen-bond donors (Lipinski definition) is 0. The molecule has 1 saturated heterocycles. The third kappa shape index (κ3) is 4.63. The number of nitrogens with zero attached hydrogens (tertiary/aromatic N) is 2. The van der Waals surface area contributed by atoms with Crippen LogP contribution in [0.15, 0.2) is 54.6 Å². The second kappa shape index (κ2) is 8.52. The van der Waals surface area contributed by atoms with Crippen molar-refractivity contribution < 1.29 is 4.79 Å². The molecule has 1 fully saturated rings. The van der Waals surface area contributed by atoms with E-state index in [9.17, 15) is 4.79 Å². The number of rotatable bonds is 4. The van der Waals surface area contributed by atoms with Gasteiger partial charge in [0.1, 0.15) is 0 Å². The Morgan fingerprint density at radius 1 is 0.920 bits per heavy atom. The lowest BCUT2D eigenvalue weighted by Gasteiger charge is -2.34. The second-order valence-corrected chi connectivity index (χ2v) is 6.82. The van der Waals surface area contributed by atoms with E-state index in [1.165, 1.54) is 5.56 Å². The first-order valence-electron chi connectivity index (χ1n) is 8.32. The van der Waals surface area contributed by atoms with Crippen LogP contribution in [0.1, 0.15) is 15.9 Å². The molecule has 0 radical (unpaired) electrons. The normalized spacial score (nSPS) is 15.7. The molecule has 25 heavy (non-hydrogen) atoms. The van der Waals surface area contributed by atoms with E-state index in [1.807, 2.05) is 23.1 Å². The van der Waals surface area contributed by atoms with E-state index in [1.54, 1.807) is 18.2 Å². The average Bonchev–Trinajstić information content (AvgIpc) is 2.63. The fourth-order valence-corrected chi connectivity index (χ4v) is 3.45. The molecule has 0 aromatic heterocycles. The molecule has 2 aromatic carbocycles. The van der Waals surface area contributed by atoms with Crippen molar-refractivity contribution >= 4 is 35.2 Å². The highest BCUT2D eigenvalue weighted by Gasteiger charge is 2.24. The van der Waals surface area contributed by atoms with Crippen molar-refractivity contribution in [2.24, 2.45) is 0 Å². The maximum absolute atomic E-state index is 12.7. The van der Waals surface area contributed by atoms with Gasteiger partial charge in [0.25, 0.3) is 5.91 Å². The average molecular weight is 375 g/mol. The highest BCUT2D eigenvalue weighted by atomic mass is 35.5. The van der Waals surface area contributed by atoms with Crippen LogP contribution in [0.25, 0.3) is 6.08 Å². The second-order valence-electron chi connectivity index (χ2n) is 6.00. The van der Waals surface area contributed by atoms with Crippen LogP contribution in [0, 0.1) is 0 Å². The van der Waals surface area contributed by atoms with Crippen LogP contribution in [0.5, 0.6) is 0 Å². The minimum atomic E-state index is -0.0879. The number of halogens is 2. The molecule has 130 valence electrons. The summed E-state index contributed by atoms with van der Waals surface area (Å²) < 4.78 is 0. The molecule has 0 saturated carbocycles. The van der Waals surface area contributed by atoms with Gasteiger partial charge in [-0.3, -0.25) is 9.69 Å². The molecule has 2 aromatic rings. The summed E-state index contributed by atoms with van der Waals surface area (Å²) in [7, 11) is 0. The van der Waals surface area contributed by atoms with Gasteiger partial charge in [0.15, 0.2) is 0 Å². The van der Waals surface area contributed by atoms with Crippen molar-refractivity contribution in [3.8, 4) is 0 Å². The van der Waals surface area contributed by atoms with Gasteiger partial charge in [0.05, 0.1) is 15.6 Å². The summed E-state index contributed by atoms with van der Waals surface area (Å²) in [5.41, 5.74) is 1.60. The third-order valence-corrected chi connectivity index (χ3v) is 4.94. The molecular weight excluding hydrogens is 355 g/mol. The molecule has 0 bridgehead atoms. The number of benzene rings is 2. The van der Waals surface area contributed by atoms with Gasteiger partial charge in [-0.05, 0) is 17.7 Å². The maximum Gasteiger partial charge on any atom is 0.256 e. The zero-order chi connectivity index (χ0) is 17.6. The van der Waals surface area contributed by atoms with Crippen LogP contribution in [-0.2, 0) is 0 Å². The van der Waals surface area contributed by atoms with Crippen molar-refractivity contribution in [2.75, 3.05) is 32.7 Å². The SMILES string of the molecule is O=C(c1c(Cl)cccc1Cl)N1CCN(CC=Cc2ccccc2)CC1. The van der Waals surface area contributed by atoms with Crippen molar-refractivity contribution in [1.82, 2.24) is 9.80 Å². The molecule has 1 aliphatic rings. The van der Waals surface area contributed by atoms with Gasteiger partial charge in [0.2, 0.25) is 0 Å². The lowest BCUT2D eigenvalue weighted by molar-refractivity contribution is 0.0650. The fourth-order valence-electron chi connectivity index (χ4n) is 2.90. The molecule has 0 atom stereocenters. The lowest BCUT2D eigenvalue weighted by Crippen LogP contribution is -2.48. The van der Waals surface area contributed by atoms with Crippen molar-refractivity contribution in [1.29, 1.82) is 0 Å². The monoisotopic (exact) mass is 374 g/mol. The summed E-state index contributed by atoms with van der Waals surface area (Å²) in [5, 5.41) is 0.816. The zero-order valence-electron chi connectivity index (χ0n) is 13.9. The van der Waals surface area contributed by atoms with Crippen LogP contribution >= 0.6 is 23.2 Å². The Morgan fingerprint density at radius 2 is 1.56 bits per heavy atom. The van der Waals surface area contributed by atoms with Crippen LogP contribution < -0.4 is 0 Å². The van der Waals surface area contributed by atoms with Crippen molar-refractivity contribution in [2.45, 2.75) is 0 Å². The van der Waals surface area contributed by atoms with E-state index in [0.29, 0.717) is 28.7 Å².